The smallest absolute Gasteiger partial charge is 0.339 e. The lowest BCUT2D eigenvalue weighted by Crippen LogP contribution is -2.00. The van der Waals surface area contributed by atoms with Crippen molar-refractivity contribution in [2.75, 3.05) is 0 Å². The van der Waals surface area contributed by atoms with E-state index in [1.165, 1.54) is 24.3 Å². The minimum Gasteiger partial charge on any atom is -0.506 e. The van der Waals surface area contributed by atoms with Crippen molar-refractivity contribution in [3.05, 3.63) is 59.7 Å². The highest BCUT2D eigenvalue weighted by molar-refractivity contribution is 6.08. The van der Waals surface area contributed by atoms with E-state index in [-0.39, 0.29) is 22.3 Å². The fraction of sp³-hybridized carbons (Fsp3) is 0. The van der Waals surface area contributed by atoms with Gasteiger partial charge in [-0.1, -0.05) is 36.4 Å². The molecule has 0 amide bonds. The van der Waals surface area contributed by atoms with Crippen molar-refractivity contribution in [2.45, 2.75) is 0 Å². The Morgan fingerprint density at radius 1 is 0.750 bits per heavy atom. The molecule has 120 valence electrons. The predicted molar refractivity (Wildman–Crippen MR) is 86.6 cm³/mol. The van der Waals surface area contributed by atoms with Gasteiger partial charge in [0.15, 0.2) is 0 Å². The maximum atomic E-state index is 11.4. The van der Waals surface area contributed by atoms with Crippen LogP contribution in [0.2, 0.25) is 0 Å². The van der Waals surface area contributed by atoms with Gasteiger partial charge in [0.1, 0.15) is 22.6 Å². The number of carbonyl (C=O) groups is 2. The molecule has 0 saturated carbocycles. The highest BCUT2D eigenvalue weighted by Gasteiger charge is 2.22. The lowest BCUT2D eigenvalue weighted by atomic mass is 9.92. The van der Waals surface area contributed by atoms with Crippen molar-refractivity contribution in [1.82, 2.24) is 0 Å². The summed E-state index contributed by atoms with van der Waals surface area (Å²) in [6.45, 7) is 0. The number of benzene rings is 3. The van der Waals surface area contributed by atoms with Gasteiger partial charge in [-0.3, -0.25) is 0 Å². The van der Waals surface area contributed by atoms with E-state index in [0.29, 0.717) is 10.8 Å². The summed E-state index contributed by atoms with van der Waals surface area (Å²) < 4.78 is 0. The monoisotopic (exact) mass is 324 g/mol. The number of para-hydroxylation sites is 1. The fourth-order valence-electron chi connectivity index (χ4n) is 2.69. The van der Waals surface area contributed by atoms with Crippen molar-refractivity contribution in [2.24, 2.45) is 0 Å². The van der Waals surface area contributed by atoms with Crippen LogP contribution in [0.4, 0.5) is 0 Å². The molecule has 0 aliphatic carbocycles. The van der Waals surface area contributed by atoms with E-state index in [2.05, 4.69) is 0 Å². The summed E-state index contributed by atoms with van der Waals surface area (Å²) in [4.78, 5) is 22.6. The Morgan fingerprint density at radius 2 is 1.42 bits per heavy atom. The molecular formula is C18H12O6. The molecule has 0 aromatic heterocycles. The van der Waals surface area contributed by atoms with Crippen LogP contribution in [0.25, 0.3) is 21.9 Å². The van der Waals surface area contributed by atoms with Crippen LogP contribution in [-0.4, -0.2) is 32.4 Å². The highest BCUT2D eigenvalue weighted by Crippen LogP contribution is 2.43. The predicted octanol–water partition coefficient (Wildman–Crippen LogP) is 3.31. The zero-order valence-corrected chi connectivity index (χ0v) is 12.2. The molecular weight excluding hydrogens is 312 g/mol. The zero-order chi connectivity index (χ0) is 17.4. The quantitative estimate of drug-likeness (QED) is 0.587. The minimum absolute atomic E-state index is 0.0479. The van der Waals surface area contributed by atoms with E-state index in [1.807, 2.05) is 0 Å². The number of aromatic carboxylic acids is 2. The molecule has 6 nitrogen and oxygen atoms in total. The summed E-state index contributed by atoms with van der Waals surface area (Å²) in [5.41, 5.74) is -0.543. The van der Waals surface area contributed by atoms with Gasteiger partial charge in [-0.2, -0.15) is 0 Å². The van der Waals surface area contributed by atoms with Gasteiger partial charge in [-0.15, -0.1) is 0 Å². The number of fused-ring (bicyclic) bond motifs is 1. The largest absolute Gasteiger partial charge is 0.506 e. The first kappa shape index (κ1) is 15.4. The van der Waals surface area contributed by atoms with Crippen LogP contribution in [0.5, 0.6) is 11.5 Å². The van der Waals surface area contributed by atoms with Gasteiger partial charge in [0.05, 0.1) is 0 Å². The van der Waals surface area contributed by atoms with Gasteiger partial charge in [0, 0.05) is 11.1 Å². The minimum atomic E-state index is -1.33. The molecule has 0 unspecified atom stereocenters. The second kappa shape index (κ2) is 5.58. The Morgan fingerprint density at radius 3 is 2.08 bits per heavy atom. The molecule has 6 heteroatoms. The molecule has 0 radical (unpaired) electrons. The van der Waals surface area contributed by atoms with Crippen molar-refractivity contribution < 1.29 is 30.0 Å². The van der Waals surface area contributed by atoms with Gasteiger partial charge in [-0.25, -0.2) is 9.59 Å². The Kier molecular flexibility index (Phi) is 3.57. The molecule has 0 spiro atoms. The Labute approximate surface area is 135 Å². The number of carboxylic acids is 2. The van der Waals surface area contributed by atoms with Gasteiger partial charge in [0.2, 0.25) is 0 Å². The summed E-state index contributed by atoms with van der Waals surface area (Å²) in [6, 6.07) is 12.1. The Balaban J connectivity index is 2.46. The van der Waals surface area contributed by atoms with Crippen molar-refractivity contribution in [3.63, 3.8) is 0 Å². The zero-order valence-electron chi connectivity index (χ0n) is 12.2. The molecule has 0 atom stereocenters. The molecule has 0 heterocycles. The van der Waals surface area contributed by atoms with E-state index >= 15 is 0 Å². The summed E-state index contributed by atoms with van der Waals surface area (Å²) in [5, 5.41) is 40.2. The average molecular weight is 324 g/mol. The van der Waals surface area contributed by atoms with Crippen LogP contribution >= 0.6 is 0 Å². The van der Waals surface area contributed by atoms with E-state index in [1.54, 1.807) is 24.3 Å². The van der Waals surface area contributed by atoms with Gasteiger partial charge in [-0.05, 0) is 22.9 Å². The maximum absolute atomic E-state index is 11.4. The Bertz CT molecular complexity index is 990. The summed E-state index contributed by atoms with van der Waals surface area (Å²) in [5.74, 6) is -3.71. The number of carboxylic acid groups (broad SMARTS) is 2. The van der Waals surface area contributed by atoms with Crippen LogP contribution in [0, 0.1) is 0 Å². The first-order valence-electron chi connectivity index (χ1n) is 6.95. The molecule has 0 fully saturated rings. The number of hydrogen-bond acceptors (Lipinski definition) is 4. The molecule has 0 aliphatic rings. The van der Waals surface area contributed by atoms with E-state index < -0.39 is 23.4 Å². The van der Waals surface area contributed by atoms with Gasteiger partial charge < -0.3 is 20.4 Å². The van der Waals surface area contributed by atoms with Crippen LogP contribution in [0.1, 0.15) is 20.7 Å². The van der Waals surface area contributed by atoms with Crippen molar-refractivity contribution in [1.29, 1.82) is 0 Å². The van der Waals surface area contributed by atoms with E-state index in [4.69, 9.17) is 5.11 Å². The Hall–Kier alpha value is -3.54. The summed E-state index contributed by atoms with van der Waals surface area (Å²) in [7, 11) is 0. The van der Waals surface area contributed by atoms with Crippen molar-refractivity contribution >= 4 is 22.7 Å². The van der Waals surface area contributed by atoms with Crippen LogP contribution in [0.15, 0.2) is 48.5 Å². The highest BCUT2D eigenvalue weighted by atomic mass is 16.4. The second-order valence-corrected chi connectivity index (χ2v) is 5.18. The molecule has 0 saturated heterocycles. The molecule has 3 aromatic rings. The lowest BCUT2D eigenvalue weighted by molar-refractivity contribution is 0.0682. The summed E-state index contributed by atoms with van der Waals surface area (Å²) >= 11 is 0. The van der Waals surface area contributed by atoms with Crippen LogP contribution in [-0.2, 0) is 0 Å². The van der Waals surface area contributed by atoms with Crippen LogP contribution in [0.3, 0.4) is 0 Å². The fourth-order valence-corrected chi connectivity index (χ4v) is 2.69. The first-order valence-corrected chi connectivity index (χ1v) is 6.95. The van der Waals surface area contributed by atoms with Crippen LogP contribution < -0.4 is 0 Å². The number of phenols is 2. The molecule has 0 bridgehead atoms. The van der Waals surface area contributed by atoms with E-state index in [0.717, 1.165) is 0 Å². The number of hydrogen-bond donors (Lipinski definition) is 4. The summed E-state index contributed by atoms with van der Waals surface area (Å²) in [6.07, 6.45) is 0. The van der Waals surface area contributed by atoms with Gasteiger partial charge in [0.25, 0.3) is 0 Å². The normalized spacial score (nSPS) is 10.7. The third kappa shape index (κ3) is 2.30. The SMILES string of the molecule is O=C(O)c1cccc(-c2c(O)c(C(=O)O)cc3ccccc23)c1O. The second-order valence-electron chi connectivity index (χ2n) is 5.18. The third-order valence-electron chi connectivity index (χ3n) is 3.79. The third-order valence-corrected chi connectivity index (χ3v) is 3.79. The molecule has 4 N–H and O–H groups in total. The topological polar surface area (TPSA) is 115 Å². The number of aromatic hydroxyl groups is 2. The molecule has 3 rings (SSSR count). The van der Waals surface area contributed by atoms with Gasteiger partial charge >= 0.3 is 11.9 Å². The maximum Gasteiger partial charge on any atom is 0.339 e. The molecule has 0 aliphatic heterocycles. The van der Waals surface area contributed by atoms with Crippen molar-refractivity contribution in [3.8, 4) is 22.6 Å². The molecule has 3 aromatic carbocycles. The van der Waals surface area contributed by atoms with E-state index in [9.17, 15) is 24.9 Å². The lowest BCUT2D eigenvalue weighted by Gasteiger charge is -2.14. The average Bonchev–Trinajstić information content (AvgIpc) is 2.54. The molecule has 24 heavy (non-hydrogen) atoms. The number of rotatable bonds is 3. The first-order chi connectivity index (χ1) is 11.4. The standard InChI is InChI=1S/C18H12O6/c19-15-11(6-3-7-12(15)17(21)22)14-10-5-2-1-4-9(10)8-13(16(14)20)18(23)24/h1-8,19-20H,(H,21,22)(H,23,24).